The molecule has 1 saturated heterocycles. The molecule has 1 aliphatic rings. The molecule has 0 saturated carbocycles. The van der Waals surface area contributed by atoms with Gasteiger partial charge >= 0.3 is 0 Å². The molecule has 1 heterocycles. The van der Waals surface area contributed by atoms with Gasteiger partial charge in [-0.15, -0.1) is 0 Å². The normalized spacial score (nSPS) is 21.1. The number of rotatable bonds is 2. The maximum Gasteiger partial charge on any atom is 0.0370 e. The quantitative estimate of drug-likeness (QED) is 0.842. The van der Waals surface area contributed by atoms with Crippen molar-refractivity contribution in [2.45, 2.75) is 19.4 Å². The molecule has 0 amide bonds. The number of nitrogens with one attached hydrogen (secondary N) is 1. The Morgan fingerprint density at radius 3 is 2.53 bits per heavy atom. The topological polar surface area (TPSA) is 18.5 Å². The van der Waals surface area contributed by atoms with E-state index < -0.39 is 0 Å². The van der Waals surface area contributed by atoms with Gasteiger partial charge in [0, 0.05) is 44.6 Å². The average Bonchev–Trinajstić information content (AvgIpc) is 2.54. The molecule has 3 heteroatoms. The molecule has 0 aliphatic carbocycles. The first-order valence-electron chi connectivity index (χ1n) is 6.43. The van der Waals surface area contributed by atoms with Crippen LogP contribution in [-0.2, 0) is 0 Å². The van der Waals surface area contributed by atoms with Crippen LogP contribution in [0.15, 0.2) is 24.3 Å². The van der Waals surface area contributed by atoms with E-state index in [0.29, 0.717) is 6.04 Å². The minimum atomic E-state index is 0.621. The maximum absolute atomic E-state index is 3.46. The van der Waals surface area contributed by atoms with Crippen LogP contribution >= 0.6 is 0 Å². The van der Waals surface area contributed by atoms with Crippen molar-refractivity contribution in [3.8, 4) is 0 Å². The highest BCUT2D eigenvalue weighted by Gasteiger charge is 2.16. The maximum atomic E-state index is 3.46. The van der Waals surface area contributed by atoms with E-state index in [9.17, 15) is 0 Å². The summed E-state index contributed by atoms with van der Waals surface area (Å²) in [4.78, 5) is 4.64. The summed E-state index contributed by atoms with van der Waals surface area (Å²) in [6.45, 7) is 5.63. The highest BCUT2D eigenvalue weighted by Crippen LogP contribution is 2.22. The lowest BCUT2D eigenvalue weighted by Gasteiger charge is -2.29. The molecule has 94 valence electrons. The van der Waals surface area contributed by atoms with Crippen LogP contribution in [0.5, 0.6) is 0 Å². The smallest absolute Gasteiger partial charge is 0.0370 e. The van der Waals surface area contributed by atoms with Crippen molar-refractivity contribution in [2.75, 3.05) is 43.5 Å². The minimum Gasteiger partial charge on any atom is -0.378 e. The molecular weight excluding hydrogens is 210 g/mol. The lowest BCUT2D eigenvalue weighted by Crippen LogP contribution is -2.34. The van der Waals surface area contributed by atoms with Gasteiger partial charge in [-0.05, 0) is 44.2 Å². The van der Waals surface area contributed by atoms with Crippen molar-refractivity contribution < 1.29 is 0 Å². The van der Waals surface area contributed by atoms with E-state index in [2.05, 4.69) is 60.4 Å². The molecule has 0 spiro atoms. The van der Waals surface area contributed by atoms with Gasteiger partial charge in [-0.1, -0.05) is 0 Å². The number of hydrogen-bond acceptors (Lipinski definition) is 3. The third kappa shape index (κ3) is 2.91. The standard InChI is InChI=1S/C14H23N3/c1-12-8-9-15-10-11-17(12)14-6-4-13(5-7-14)16(2)3/h4-7,12,15H,8-11H2,1-3H3. The summed E-state index contributed by atoms with van der Waals surface area (Å²) in [5.41, 5.74) is 2.60. The van der Waals surface area contributed by atoms with E-state index in [1.54, 1.807) is 0 Å². The van der Waals surface area contributed by atoms with Crippen molar-refractivity contribution >= 4 is 11.4 Å². The summed E-state index contributed by atoms with van der Waals surface area (Å²) in [5.74, 6) is 0. The van der Waals surface area contributed by atoms with Crippen molar-refractivity contribution in [1.29, 1.82) is 0 Å². The largest absolute Gasteiger partial charge is 0.378 e. The van der Waals surface area contributed by atoms with Crippen LogP contribution in [-0.4, -0.2) is 39.8 Å². The molecule has 1 aliphatic heterocycles. The number of benzene rings is 1. The van der Waals surface area contributed by atoms with Crippen molar-refractivity contribution in [3.05, 3.63) is 24.3 Å². The molecule has 1 unspecified atom stereocenters. The second-order valence-corrected chi connectivity index (χ2v) is 4.99. The molecule has 0 aromatic heterocycles. The van der Waals surface area contributed by atoms with E-state index in [0.717, 1.165) is 19.6 Å². The van der Waals surface area contributed by atoms with Gasteiger partial charge < -0.3 is 15.1 Å². The summed E-state index contributed by atoms with van der Waals surface area (Å²) in [7, 11) is 4.15. The lowest BCUT2D eigenvalue weighted by molar-refractivity contribution is 0.631. The SMILES string of the molecule is CC1CCNCCN1c1ccc(N(C)C)cc1. The Labute approximate surface area is 104 Å². The molecule has 1 N–H and O–H groups in total. The monoisotopic (exact) mass is 233 g/mol. The third-order valence-electron chi connectivity index (χ3n) is 3.50. The van der Waals surface area contributed by atoms with E-state index in [-0.39, 0.29) is 0 Å². The summed E-state index contributed by atoms with van der Waals surface area (Å²) in [6.07, 6.45) is 1.22. The number of anilines is 2. The summed E-state index contributed by atoms with van der Waals surface area (Å²) < 4.78 is 0. The van der Waals surface area contributed by atoms with E-state index >= 15 is 0 Å². The van der Waals surface area contributed by atoms with Gasteiger partial charge in [0.25, 0.3) is 0 Å². The number of nitrogens with zero attached hydrogens (tertiary/aromatic N) is 2. The summed E-state index contributed by atoms with van der Waals surface area (Å²) >= 11 is 0. The van der Waals surface area contributed by atoms with Crippen LogP contribution in [0.25, 0.3) is 0 Å². The van der Waals surface area contributed by atoms with Crippen molar-refractivity contribution in [2.24, 2.45) is 0 Å². The molecule has 1 aromatic rings. The van der Waals surface area contributed by atoms with Crippen LogP contribution in [0, 0.1) is 0 Å². The van der Waals surface area contributed by atoms with Crippen LogP contribution in [0.1, 0.15) is 13.3 Å². The first-order chi connectivity index (χ1) is 8.18. The summed E-state index contributed by atoms with van der Waals surface area (Å²) in [5, 5.41) is 3.46. The lowest BCUT2D eigenvalue weighted by atomic mass is 10.1. The van der Waals surface area contributed by atoms with Gasteiger partial charge in [0.2, 0.25) is 0 Å². The second-order valence-electron chi connectivity index (χ2n) is 4.99. The fourth-order valence-electron chi connectivity index (χ4n) is 2.34. The van der Waals surface area contributed by atoms with Gasteiger partial charge in [-0.25, -0.2) is 0 Å². The molecule has 1 aromatic carbocycles. The Hall–Kier alpha value is -1.22. The zero-order valence-corrected chi connectivity index (χ0v) is 11.1. The van der Waals surface area contributed by atoms with Gasteiger partial charge in [-0.3, -0.25) is 0 Å². The predicted molar refractivity (Wildman–Crippen MR) is 75.1 cm³/mol. The first-order valence-corrected chi connectivity index (χ1v) is 6.43. The van der Waals surface area contributed by atoms with Gasteiger partial charge in [0.05, 0.1) is 0 Å². The van der Waals surface area contributed by atoms with Crippen molar-refractivity contribution in [3.63, 3.8) is 0 Å². The Morgan fingerprint density at radius 2 is 1.88 bits per heavy atom. The molecule has 17 heavy (non-hydrogen) atoms. The Morgan fingerprint density at radius 1 is 1.18 bits per heavy atom. The van der Waals surface area contributed by atoms with Crippen LogP contribution in [0.4, 0.5) is 11.4 Å². The first kappa shape index (κ1) is 12.2. The fraction of sp³-hybridized carbons (Fsp3) is 0.571. The number of hydrogen-bond donors (Lipinski definition) is 1. The predicted octanol–water partition coefficient (Wildman–Crippen LogP) is 1.94. The Kier molecular flexibility index (Phi) is 3.89. The van der Waals surface area contributed by atoms with E-state index in [1.807, 2.05) is 0 Å². The van der Waals surface area contributed by atoms with Gasteiger partial charge in [-0.2, -0.15) is 0 Å². The molecule has 2 rings (SSSR count). The second kappa shape index (κ2) is 5.41. The average molecular weight is 233 g/mol. The fourth-order valence-corrected chi connectivity index (χ4v) is 2.34. The van der Waals surface area contributed by atoms with Crippen molar-refractivity contribution in [1.82, 2.24) is 5.32 Å². The van der Waals surface area contributed by atoms with Gasteiger partial charge in [0.1, 0.15) is 0 Å². The molecule has 0 bridgehead atoms. The van der Waals surface area contributed by atoms with Crippen LogP contribution < -0.4 is 15.1 Å². The third-order valence-corrected chi connectivity index (χ3v) is 3.50. The van der Waals surface area contributed by atoms with Gasteiger partial charge in [0.15, 0.2) is 0 Å². The molecule has 3 nitrogen and oxygen atoms in total. The molecule has 1 atom stereocenters. The zero-order chi connectivity index (χ0) is 12.3. The zero-order valence-electron chi connectivity index (χ0n) is 11.1. The Balaban J connectivity index is 2.14. The molecule has 1 fully saturated rings. The highest BCUT2D eigenvalue weighted by molar-refractivity contribution is 5.56. The highest BCUT2D eigenvalue weighted by atomic mass is 15.2. The van der Waals surface area contributed by atoms with Crippen LogP contribution in [0.2, 0.25) is 0 Å². The van der Waals surface area contributed by atoms with E-state index in [1.165, 1.54) is 17.8 Å². The molecular formula is C14H23N3. The summed E-state index contributed by atoms with van der Waals surface area (Å²) in [6, 6.07) is 9.48. The molecule has 0 radical (unpaired) electrons. The Bertz CT molecular complexity index is 345. The van der Waals surface area contributed by atoms with Crippen LogP contribution in [0.3, 0.4) is 0 Å². The minimum absolute atomic E-state index is 0.621. The van der Waals surface area contributed by atoms with E-state index in [4.69, 9.17) is 0 Å².